The summed E-state index contributed by atoms with van der Waals surface area (Å²) in [6.07, 6.45) is 1.08. The number of ether oxygens (including phenoxy) is 2. The van der Waals surface area contributed by atoms with E-state index in [1.54, 1.807) is 7.11 Å². The molecule has 0 amide bonds. The Morgan fingerprint density at radius 3 is 2.50 bits per heavy atom. The van der Waals surface area contributed by atoms with E-state index < -0.39 is 0 Å². The van der Waals surface area contributed by atoms with Gasteiger partial charge < -0.3 is 20.1 Å². The summed E-state index contributed by atoms with van der Waals surface area (Å²) in [5.74, 6) is 0.859. The molecule has 0 saturated carbocycles. The molecule has 5 nitrogen and oxygen atoms in total. The highest BCUT2D eigenvalue weighted by molar-refractivity contribution is 14.0. The molecule has 2 N–H and O–H groups in total. The monoisotopic (exact) mass is 373 g/mol. The molecule has 0 fully saturated rings. The Kier molecular flexibility index (Phi) is 16.8. The van der Waals surface area contributed by atoms with Gasteiger partial charge in [-0.3, -0.25) is 4.99 Å². The van der Waals surface area contributed by atoms with Crippen LogP contribution >= 0.6 is 24.0 Å². The summed E-state index contributed by atoms with van der Waals surface area (Å²) < 4.78 is 10.2. The Morgan fingerprint density at radius 2 is 1.94 bits per heavy atom. The van der Waals surface area contributed by atoms with Crippen molar-refractivity contribution >= 4 is 29.9 Å². The van der Waals surface area contributed by atoms with Gasteiger partial charge in [-0.2, -0.15) is 0 Å². The Morgan fingerprint density at radius 1 is 1.22 bits per heavy atom. The van der Waals surface area contributed by atoms with Crippen molar-refractivity contribution in [1.29, 1.82) is 0 Å². The molecule has 0 radical (unpaired) electrons. The number of nitrogens with one attached hydrogen (secondary N) is 2. The molecule has 0 aliphatic rings. The summed E-state index contributed by atoms with van der Waals surface area (Å²) >= 11 is 0. The SMILES string of the molecule is CCNC(=NCCOCCOC)NC(C)CC.I. The molecule has 1 unspecified atom stereocenters. The highest BCUT2D eigenvalue weighted by atomic mass is 127. The van der Waals surface area contributed by atoms with Crippen molar-refractivity contribution < 1.29 is 9.47 Å². The zero-order valence-electron chi connectivity index (χ0n) is 12.0. The standard InChI is InChI=1S/C12H27N3O2.HI/c1-5-11(3)15-12(13-6-2)14-7-8-17-10-9-16-4;/h11H,5-10H2,1-4H3,(H2,13,14,15);1H. The Labute approximate surface area is 128 Å². The van der Waals surface area contributed by atoms with E-state index in [9.17, 15) is 0 Å². The van der Waals surface area contributed by atoms with E-state index in [0.29, 0.717) is 32.4 Å². The van der Waals surface area contributed by atoms with Crippen LogP contribution in [0.5, 0.6) is 0 Å². The number of nitrogens with zero attached hydrogens (tertiary/aromatic N) is 1. The summed E-state index contributed by atoms with van der Waals surface area (Å²) in [5.41, 5.74) is 0. The van der Waals surface area contributed by atoms with Crippen LogP contribution in [0.25, 0.3) is 0 Å². The van der Waals surface area contributed by atoms with E-state index in [1.807, 2.05) is 0 Å². The van der Waals surface area contributed by atoms with Gasteiger partial charge >= 0.3 is 0 Å². The van der Waals surface area contributed by atoms with Gasteiger partial charge in [0.05, 0.1) is 26.4 Å². The van der Waals surface area contributed by atoms with Crippen LogP contribution in [0, 0.1) is 0 Å². The largest absolute Gasteiger partial charge is 0.382 e. The maximum absolute atomic E-state index is 5.35. The molecule has 0 spiro atoms. The van der Waals surface area contributed by atoms with Crippen LogP contribution < -0.4 is 10.6 Å². The Balaban J connectivity index is 0. The molecule has 0 bridgehead atoms. The zero-order valence-corrected chi connectivity index (χ0v) is 14.3. The zero-order chi connectivity index (χ0) is 12.9. The third-order valence-electron chi connectivity index (χ3n) is 2.28. The van der Waals surface area contributed by atoms with Gasteiger partial charge in [-0.15, -0.1) is 24.0 Å². The molecule has 0 aromatic carbocycles. The molecular formula is C12H28IN3O2. The van der Waals surface area contributed by atoms with E-state index in [2.05, 4.69) is 36.4 Å². The van der Waals surface area contributed by atoms with Crippen molar-refractivity contribution in [2.75, 3.05) is 40.0 Å². The highest BCUT2D eigenvalue weighted by Gasteiger charge is 2.01. The first kappa shape index (κ1) is 20.2. The molecule has 0 aromatic heterocycles. The molecule has 0 aliphatic heterocycles. The normalized spacial score (nSPS) is 12.8. The summed E-state index contributed by atoms with van der Waals surface area (Å²) in [6, 6.07) is 0.433. The third kappa shape index (κ3) is 12.4. The molecule has 0 saturated heterocycles. The first-order chi connectivity index (χ1) is 8.24. The lowest BCUT2D eigenvalue weighted by Gasteiger charge is -2.16. The number of methoxy groups -OCH3 is 1. The van der Waals surface area contributed by atoms with Crippen LogP contribution in [-0.2, 0) is 9.47 Å². The second kappa shape index (κ2) is 15.0. The van der Waals surface area contributed by atoms with Gasteiger partial charge in [0.15, 0.2) is 5.96 Å². The van der Waals surface area contributed by atoms with Crippen molar-refractivity contribution in [2.24, 2.45) is 4.99 Å². The maximum atomic E-state index is 5.35. The minimum atomic E-state index is 0. The number of hydrogen-bond acceptors (Lipinski definition) is 3. The number of aliphatic imine (C=N–C) groups is 1. The summed E-state index contributed by atoms with van der Waals surface area (Å²) in [4.78, 5) is 4.43. The number of halogens is 1. The van der Waals surface area contributed by atoms with Crippen LogP contribution in [0.3, 0.4) is 0 Å². The van der Waals surface area contributed by atoms with Crippen LogP contribution in [-0.4, -0.2) is 52.0 Å². The van der Waals surface area contributed by atoms with Gasteiger partial charge in [-0.25, -0.2) is 0 Å². The molecule has 0 aliphatic carbocycles. The topological polar surface area (TPSA) is 54.9 Å². The number of hydrogen-bond donors (Lipinski definition) is 2. The Hall–Kier alpha value is -0.0800. The molecule has 0 heterocycles. The third-order valence-corrected chi connectivity index (χ3v) is 2.28. The molecular weight excluding hydrogens is 345 g/mol. The summed E-state index contributed by atoms with van der Waals surface area (Å²) in [7, 11) is 1.67. The van der Waals surface area contributed by atoms with E-state index >= 15 is 0 Å². The molecule has 1 atom stereocenters. The van der Waals surface area contributed by atoms with Crippen LogP contribution in [0.15, 0.2) is 4.99 Å². The number of guanidine groups is 1. The van der Waals surface area contributed by atoms with E-state index in [-0.39, 0.29) is 24.0 Å². The van der Waals surface area contributed by atoms with Gasteiger partial charge in [0.1, 0.15) is 0 Å². The Bertz CT molecular complexity index is 204. The van der Waals surface area contributed by atoms with Crippen LogP contribution in [0.1, 0.15) is 27.2 Å². The predicted octanol–water partition coefficient (Wildman–Crippen LogP) is 1.62. The van der Waals surface area contributed by atoms with Crippen molar-refractivity contribution in [3.8, 4) is 0 Å². The quantitative estimate of drug-likeness (QED) is 0.279. The molecule has 18 heavy (non-hydrogen) atoms. The summed E-state index contributed by atoms with van der Waals surface area (Å²) in [6.45, 7) is 9.76. The first-order valence-corrected chi connectivity index (χ1v) is 6.36. The minimum Gasteiger partial charge on any atom is -0.382 e. The van der Waals surface area contributed by atoms with Crippen molar-refractivity contribution in [3.05, 3.63) is 0 Å². The van der Waals surface area contributed by atoms with Crippen LogP contribution in [0.4, 0.5) is 0 Å². The van der Waals surface area contributed by atoms with Crippen molar-refractivity contribution in [3.63, 3.8) is 0 Å². The fraction of sp³-hybridized carbons (Fsp3) is 0.917. The lowest BCUT2D eigenvalue weighted by atomic mass is 10.3. The summed E-state index contributed by atoms with van der Waals surface area (Å²) in [5, 5.41) is 6.54. The van der Waals surface area contributed by atoms with Gasteiger partial charge in [-0.1, -0.05) is 6.92 Å². The molecule has 0 rings (SSSR count). The van der Waals surface area contributed by atoms with Gasteiger partial charge in [0.2, 0.25) is 0 Å². The minimum absolute atomic E-state index is 0. The van der Waals surface area contributed by atoms with Gasteiger partial charge in [0.25, 0.3) is 0 Å². The maximum Gasteiger partial charge on any atom is 0.191 e. The fourth-order valence-corrected chi connectivity index (χ4v) is 1.12. The van der Waals surface area contributed by atoms with E-state index in [1.165, 1.54) is 0 Å². The van der Waals surface area contributed by atoms with Gasteiger partial charge in [0, 0.05) is 19.7 Å². The average Bonchev–Trinajstić information content (AvgIpc) is 2.33. The average molecular weight is 373 g/mol. The highest BCUT2D eigenvalue weighted by Crippen LogP contribution is 1.87. The van der Waals surface area contributed by atoms with E-state index in [0.717, 1.165) is 18.9 Å². The second-order valence-electron chi connectivity index (χ2n) is 3.82. The second-order valence-corrected chi connectivity index (χ2v) is 3.82. The molecule has 110 valence electrons. The first-order valence-electron chi connectivity index (χ1n) is 6.36. The molecule has 0 aromatic rings. The lowest BCUT2D eigenvalue weighted by molar-refractivity contribution is 0.0748. The molecule has 6 heteroatoms. The van der Waals surface area contributed by atoms with Crippen LogP contribution in [0.2, 0.25) is 0 Å². The smallest absolute Gasteiger partial charge is 0.191 e. The lowest BCUT2D eigenvalue weighted by Crippen LogP contribution is -2.42. The fourth-order valence-electron chi connectivity index (χ4n) is 1.12. The van der Waals surface area contributed by atoms with Crippen molar-refractivity contribution in [1.82, 2.24) is 10.6 Å². The van der Waals surface area contributed by atoms with Crippen molar-refractivity contribution in [2.45, 2.75) is 33.2 Å². The number of rotatable bonds is 9. The van der Waals surface area contributed by atoms with Gasteiger partial charge in [-0.05, 0) is 20.3 Å². The predicted molar refractivity (Wildman–Crippen MR) is 87.0 cm³/mol. The van der Waals surface area contributed by atoms with E-state index in [4.69, 9.17) is 9.47 Å².